The maximum Gasteiger partial charge on any atom is 0.446 e. The molecule has 2 fully saturated rings. The molecule has 0 radical (unpaired) electrons. The Morgan fingerprint density at radius 1 is 1.14 bits per heavy atom. The van der Waals surface area contributed by atoms with Gasteiger partial charge in [-0.3, -0.25) is 9.35 Å². The van der Waals surface area contributed by atoms with Crippen molar-refractivity contribution in [3.05, 3.63) is 0 Å². The predicted molar refractivity (Wildman–Crippen MR) is 72.3 cm³/mol. The largest absolute Gasteiger partial charge is 0.446 e. The van der Waals surface area contributed by atoms with Gasteiger partial charge in [0.1, 0.15) is 0 Å². The molecule has 0 aromatic heterocycles. The molecular formula is C13H21F2NO4S. The van der Waals surface area contributed by atoms with Crippen LogP contribution in [0.1, 0.15) is 44.9 Å². The molecular weight excluding hydrogens is 304 g/mol. The molecule has 21 heavy (non-hydrogen) atoms. The third-order valence-electron chi connectivity index (χ3n) is 4.79. The van der Waals surface area contributed by atoms with Gasteiger partial charge in [-0.15, -0.1) is 0 Å². The molecule has 0 aromatic carbocycles. The lowest BCUT2D eigenvalue weighted by Crippen LogP contribution is -2.47. The number of carbonyl (C=O) groups is 1. The van der Waals surface area contributed by atoms with E-state index in [4.69, 9.17) is 4.55 Å². The molecule has 2 rings (SSSR count). The molecule has 8 heteroatoms. The van der Waals surface area contributed by atoms with E-state index in [9.17, 15) is 22.0 Å². The van der Waals surface area contributed by atoms with Crippen LogP contribution in [-0.4, -0.2) is 30.7 Å². The van der Waals surface area contributed by atoms with Crippen molar-refractivity contribution in [1.29, 1.82) is 0 Å². The highest BCUT2D eigenvalue weighted by Crippen LogP contribution is 2.42. The normalized spacial score (nSPS) is 30.5. The van der Waals surface area contributed by atoms with Gasteiger partial charge in [0.25, 0.3) is 0 Å². The summed E-state index contributed by atoms with van der Waals surface area (Å²) in [6.45, 7) is 0.0349. The van der Waals surface area contributed by atoms with Crippen LogP contribution < -0.4 is 5.32 Å². The molecule has 2 N–H and O–H groups in total. The van der Waals surface area contributed by atoms with Gasteiger partial charge in [-0.05, 0) is 37.0 Å². The maximum atomic E-state index is 13.1. The molecule has 0 aliphatic heterocycles. The first-order chi connectivity index (χ1) is 9.72. The summed E-state index contributed by atoms with van der Waals surface area (Å²) in [5.74, 6) is -0.539. The van der Waals surface area contributed by atoms with Crippen LogP contribution in [0.4, 0.5) is 8.78 Å². The highest BCUT2D eigenvalue weighted by atomic mass is 32.2. The van der Waals surface area contributed by atoms with Crippen LogP contribution in [0.2, 0.25) is 0 Å². The minimum absolute atomic E-state index is 0.0349. The number of hydrogen-bond donors (Lipinski definition) is 2. The van der Waals surface area contributed by atoms with Crippen LogP contribution in [-0.2, 0) is 14.9 Å². The summed E-state index contributed by atoms with van der Waals surface area (Å²) < 4.78 is 55.5. The minimum atomic E-state index is -5.72. The number of nitrogens with one attached hydrogen (secondary N) is 1. The zero-order valence-electron chi connectivity index (χ0n) is 11.7. The molecule has 2 saturated carbocycles. The third-order valence-corrected chi connectivity index (χ3v) is 5.62. The Kier molecular flexibility index (Phi) is 4.87. The predicted octanol–water partition coefficient (Wildman–Crippen LogP) is 2.19. The number of halogens is 2. The molecule has 0 spiro atoms. The monoisotopic (exact) mass is 325 g/mol. The van der Waals surface area contributed by atoms with Crippen molar-refractivity contribution in [3.63, 3.8) is 0 Å². The lowest BCUT2D eigenvalue weighted by molar-refractivity contribution is -0.136. The maximum absolute atomic E-state index is 13.1. The average molecular weight is 325 g/mol. The molecule has 0 bridgehead atoms. The first-order valence-electron chi connectivity index (χ1n) is 7.35. The van der Waals surface area contributed by atoms with Crippen LogP contribution in [0.15, 0.2) is 0 Å². The summed E-state index contributed by atoms with van der Waals surface area (Å²) in [5, 5.41) is -2.82. The molecule has 122 valence electrons. The Morgan fingerprint density at radius 2 is 1.76 bits per heavy atom. The van der Waals surface area contributed by atoms with Gasteiger partial charge >= 0.3 is 21.3 Å². The van der Waals surface area contributed by atoms with E-state index in [1.165, 1.54) is 19.3 Å². The van der Waals surface area contributed by atoms with Gasteiger partial charge in [-0.1, -0.05) is 25.7 Å². The Balaban J connectivity index is 1.85. The Bertz CT molecular complexity index is 494. The second-order valence-corrected chi connectivity index (χ2v) is 7.65. The number of alkyl halides is 2. The summed E-state index contributed by atoms with van der Waals surface area (Å²) in [6.07, 6.45) is 7.62. The van der Waals surface area contributed by atoms with Gasteiger partial charge < -0.3 is 5.32 Å². The molecule has 0 heterocycles. The van der Waals surface area contributed by atoms with Crippen molar-refractivity contribution >= 4 is 16.0 Å². The molecule has 2 aliphatic carbocycles. The molecule has 2 aliphatic rings. The van der Waals surface area contributed by atoms with Crippen molar-refractivity contribution in [2.24, 2.45) is 17.8 Å². The SMILES string of the molecule is O=C(NCC1CCC2CCCCC2C1)C(F)(F)S(=O)(=O)O. The summed E-state index contributed by atoms with van der Waals surface area (Å²) in [6, 6.07) is 0. The molecule has 1 amide bonds. The van der Waals surface area contributed by atoms with Crippen molar-refractivity contribution in [3.8, 4) is 0 Å². The summed E-state index contributed by atoms with van der Waals surface area (Å²) >= 11 is 0. The van der Waals surface area contributed by atoms with E-state index in [1.807, 2.05) is 5.32 Å². The van der Waals surface area contributed by atoms with Crippen LogP contribution >= 0.6 is 0 Å². The number of hydrogen-bond acceptors (Lipinski definition) is 3. The highest BCUT2D eigenvalue weighted by Gasteiger charge is 2.52. The van der Waals surface area contributed by atoms with Crippen molar-refractivity contribution in [2.45, 2.75) is 50.2 Å². The van der Waals surface area contributed by atoms with E-state index in [0.29, 0.717) is 11.8 Å². The van der Waals surface area contributed by atoms with Gasteiger partial charge in [-0.25, -0.2) is 0 Å². The zero-order valence-corrected chi connectivity index (χ0v) is 12.5. The van der Waals surface area contributed by atoms with Crippen molar-refractivity contribution in [1.82, 2.24) is 5.32 Å². The number of rotatable bonds is 4. The lowest BCUT2D eigenvalue weighted by Gasteiger charge is -2.39. The van der Waals surface area contributed by atoms with Gasteiger partial charge in [0.2, 0.25) is 0 Å². The first-order valence-corrected chi connectivity index (χ1v) is 8.79. The van der Waals surface area contributed by atoms with Crippen LogP contribution in [0.3, 0.4) is 0 Å². The number of amides is 1. The van der Waals surface area contributed by atoms with Crippen LogP contribution in [0, 0.1) is 17.8 Å². The van der Waals surface area contributed by atoms with Crippen molar-refractivity contribution in [2.75, 3.05) is 6.54 Å². The quantitative estimate of drug-likeness (QED) is 0.776. The Morgan fingerprint density at radius 3 is 2.38 bits per heavy atom. The van der Waals surface area contributed by atoms with E-state index in [-0.39, 0.29) is 12.5 Å². The van der Waals surface area contributed by atoms with Crippen LogP contribution in [0.25, 0.3) is 0 Å². The summed E-state index contributed by atoms with van der Waals surface area (Å²) in [4.78, 5) is 11.2. The average Bonchev–Trinajstić information content (AvgIpc) is 2.43. The number of fused-ring (bicyclic) bond motifs is 1. The molecule has 3 atom stereocenters. The summed E-state index contributed by atoms with van der Waals surface area (Å²) in [5.41, 5.74) is 0. The van der Waals surface area contributed by atoms with Crippen LogP contribution in [0.5, 0.6) is 0 Å². The van der Waals surface area contributed by atoms with E-state index in [0.717, 1.165) is 25.7 Å². The van der Waals surface area contributed by atoms with Gasteiger partial charge in [0.05, 0.1) is 0 Å². The van der Waals surface area contributed by atoms with E-state index < -0.39 is 21.3 Å². The van der Waals surface area contributed by atoms with E-state index >= 15 is 0 Å². The Hall–Kier alpha value is -0.760. The second-order valence-electron chi connectivity index (χ2n) is 6.19. The first kappa shape index (κ1) is 16.6. The standard InChI is InChI=1S/C13H21F2NO4S/c14-13(15,21(18,19)20)12(17)16-8-9-5-6-10-3-1-2-4-11(10)7-9/h9-11H,1-8H2,(H,16,17)(H,18,19,20). The van der Waals surface area contributed by atoms with E-state index in [1.54, 1.807) is 0 Å². The lowest BCUT2D eigenvalue weighted by atomic mass is 9.67. The fourth-order valence-corrected chi connectivity index (χ4v) is 3.92. The second kappa shape index (κ2) is 6.16. The smallest absolute Gasteiger partial charge is 0.350 e. The molecule has 3 unspecified atom stereocenters. The van der Waals surface area contributed by atoms with Gasteiger partial charge in [0, 0.05) is 6.54 Å². The number of carbonyl (C=O) groups excluding carboxylic acids is 1. The van der Waals surface area contributed by atoms with Gasteiger partial charge in [0.15, 0.2) is 0 Å². The highest BCUT2D eigenvalue weighted by molar-refractivity contribution is 7.87. The topological polar surface area (TPSA) is 83.5 Å². The fourth-order valence-electron chi connectivity index (χ4n) is 3.61. The minimum Gasteiger partial charge on any atom is -0.350 e. The fraction of sp³-hybridized carbons (Fsp3) is 0.923. The summed E-state index contributed by atoms with van der Waals surface area (Å²) in [7, 11) is -5.72. The molecule has 5 nitrogen and oxygen atoms in total. The van der Waals surface area contributed by atoms with Crippen molar-refractivity contribution < 1.29 is 26.5 Å². The van der Waals surface area contributed by atoms with E-state index in [2.05, 4.69) is 0 Å². The Labute approximate surface area is 123 Å². The zero-order chi connectivity index (χ0) is 15.7. The molecule has 0 saturated heterocycles. The molecule has 0 aromatic rings. The van der Waals surface area contributed by atoms with Gasteiger partial charge in [-0.2, -0.15) is 17.2 Å². The third kappa shape index (κ3) is 3.71.